The number of rotatable bonds is 5. The minimum atomic E-state index is -0.0409. The summed E-state index contributed by atoms with van der Waals surface area (Å²) in [5, 5.41) is 6.05. The van der Waals surface area contributed by atoms with E-state index in [0.717, 1.165) is 16.8 Å². The molecular formula is C17H19Cl2N2O+. The third-order valence-corrected chi connectivity index (χ3v) is 4.01. The number of nitrogens with two attached hydrogens (primary N) is 1. The molecule has 0 heterocycles. The smallest absolute Gasteiger partial charge is 0.279 e. The van der Waals surface area contributed by atoms with Crippen molar-refractivity contribution in [3.05, 3.63) is 63.6 Å². The number of aryl methyl sites for hydroxylation is 1. The van der Waals surface area contributed by atoms with Gasteiger partial charge in [0, 0.05) is 16.3 Å². The quantitative estimate of drug-likeness (QED) is 0.860. The molecule has 3 N–H and O–H groups in total. The van der Waals surface area contributed by atoms with Crippen molar-refractivity contribution in [3.63, 3.8) is 0 Å². The van der Waals surface area contributed by atoms with Gasteiger partial charge in [-0.1, -0.05) is 47.0 Å². The number of anilines is 1. The minimum absolute atomic E-state index is 0.0409. The molecule has 3 nitrogen and oxygen atoms in total. The third-order valence-electron chi connectivity index (χ3n) is 3.45. The van der Waals surface area contributed by atoms with E-state index in [1.807, 2.05) is 49.5 Å². The van der Waals surface area contributed by atoms with Crippen LogP contribution >= 0.6 is 23.2 Å². The van der Waals surface area contributed by atoms with E-state index in [4.69, 9.17) is 23.2 Å². The molecule has 0 spiro atoms. The SMILES string of the molecule is Cc1ccc(NC(=O)C[NH2+][C@H](C)c2ccc(Cl)cc2Cl)cc1. The van der Waals surface area contributed by atoms with Gasteiger partial charge < -0.3 is 10.6 Å². The van der Waals surface area contributed by atoms with E-state index < -0.39 is 0 Å². The predicted octanol–water partition coefficient (Wildman–Crippen LogP) is 3.56. The van der Waals surface area contributed by atoms with E-state index in [1.54, 1.807) is 12.1 Å². The Balaban J connectivity index is 1.88. The Labute approximate surface area is 140 Å². The molecule has 116 valence electrons. The van der Waals surface area contributed by atoms with Crippen LogP contribution in [-0.2, 0) is 4.79 Å². The highest BCUT2D eigenvalue weighted by Crippen LogP contribution is 2.24. The van der Waals surface area contributed by atoms with Crippen LogP contribution in [0.3, 0.4) is 0 Å². The van der Waals surface area contributed by atoms with Gasteiger partial charge in [-0.2, -0.15) is 0 Å². The lowest BCUT2D eigenvalue weighted by atomic mass is 10.1. The fraction of sp³-hybridized carbons (Fsp3) is 0.235. The first-order valence-electron chi connectivity index (χ1n) is 7.10. The first kappa shape index (κ1) is 16.8. The molecule has 0 saturated carbocycles. The second-order valence-electron chi connectivity index (χ2n) is 5.31. The highest BCUT2D eigenvalue weighted by atomic mass is 35.5. The van der Waals surface area contributed by atoms with Crippen LogP contribution in [0, 0.1) is 6.92 Å². The van der Waals surface area contributed by atoms with Crippen molar-refractivity contribution in [2.75, 3.05) is 11.9 Å². The van der Waals surface area contributed by atoms with Gasteiger partial charge >= 0.3 is 0 Å². The number of hydrogen-bond acceptors (Lipinski definition) is 1. The summed E-state index contributed by atoms with van der Waals surface area (Å²) in [6.07, 6.45) is 0. The zero-order valence-corrected chi connectivity index (χ0v) is 14.1. The summed E-state index contributed by atoms with van der Waals surface area (Å²) in [7, 11) is 0. The summed E-state index contributed by atoms with van der Waals surface area (Å²) in [5.41, 5.74) is 2.94. The molecule has 0 fully saturated rings. The second-order valence-corrected chi connectivity index (χ2v) is 6.15. The number of halogens is 2. The van der Waals surface area contributed by atoms with Gasteiger partial charge in [0.15, 0.2) is 6.54 Å². The topological polar surface area (TPSA) is 45.7 Å². The number of carbonyl (C=O) groups is 1. The van der Waals surface area contributed by atoms with E-state index >= 15 is 0 Å². The number of quaternary nitrogens is 1. The van der Waals surface area contributed by atoms with Crippen LogP contribution in [0.15, 0.2) is 42.5 Å². The maximum absolute atomic E-state index is 12.0. The Hall–Kier alpha value is -1.55. The summed E-state index contributed by atoms with van der Waals surface area (Å²) in [6, 6.07) is 13.2. The average Bonchev–Trinajstić information content (AvgIpc) is 2.47. The van der Waals surface area contributed by atoms with Gasteiger partial charge in [-0.05, 0) is 38.1 Å². The molecule has 0 aliphatic carbocycles. The number of carbonyl (C=O) groups excluding carboxylic acids is 1. The van der Waals surface area contributed by atoms with Crippen LogP contribution in [-0.4, -0.2) is 12.5 Å². The maximum Gasteiger partial charge on any atom is 0.279 e. The summed E-state index contributed by atoms with van der Waals surface area (Å²) in [6.45, 7) is 4.35. The second kappa shape index (κ2) is 7.63. The van der Waals surface area contributed by atoms with E-state index in [2.05, 4.69) is 5.32 Å². The van der Waals surface area contributed by atoms with Gasteiger partial charge in [0.25, 0.3) is 5.91 Å². The summed E-state index contributed by atoms with van der Waals surface area (Å²) >= 11 is 12.1. The summed E-state index contributed by atoms with van der Waals surface area (Å²) in [5.74, 6) is -0.0409. The molecule has 2 aromatic carbocycles. The van der Waals surface area contributed by atoms with Crippen molar-refractivity contribution in [1.29, 1.82) is 0 Å². The number of nitrogens with one attached hydrogen (secondary N) is 1. The molecule has 2 aromatic rings. The zero-order chi connectivity index (χ0) is 16.1. The van der Waals surface area contributed by atoms with Crippen LogP contribution in [0.25, 0.3) is 0 Å². The molecule has 1 amide bonds. The lowest BCUT2D eigenvalue weighted by Gasteiger charge is -2.13. The third kappa shape index (κ3) is 4.73. The Morgan fingerprint density at radius 1 is 1.18 bits per heavy atom. The molecule has 0 aliphatic heterocycles. The van der Waals surface area contributed by atoms with Gasteiger partial charge in [-0.25, -0.2) is 0 Å². The van der Waals surface area contributed by atoms with Crippen LogP contribution in [0.4, 0.5) is 5.69 Å². The average molecular weight is 338 g/mol. The number of amides is 1. The molecule has 0 unspecified atom stereocenters. The van der Waals surface area contributed by atoms with Crippen LogP contribution in [0.5, 0.6) is 0 Å². The van der Waals surface area contributed by atoms with Crippen molar-refractivity contribution >= 4 is 34.8 Å². The van der Waals surface area contributed by atoms with Crippen molar-refractivity contribution in [2.45, 2.75) is 19.9 Å². The van der Waals surface area contributed by atoms with E-state index in [0.29, 0.717) is 16.6 Å². The zero-order valence-electron chi connectivity index (χ0n) is 12.6. The largest absolute Gasteiger partial charge is 0.332 e. The predicted molar refractivity (Wildman–Crippen MR) is 91.5 cm³/mol. The molecule has 0 aliphatic rings. The van der Waals surface area contributed by atoms with Gasteiger partial charge in [0.05, 0.1) is 5.02 Å². The molecule has 0 bridgehead atoms. The fourth-order valence-corrected chi connectivity index (χ4v) is 2.71. The molecule has 1 atom stereocenters. The monoisotopic (exact) mass is 337 g/mol. The number of hydrogen-bond donors (Lipinski definition) is 2. The first-order chi connectivity index (χ1) is 10.5. The van der Waals surface area contributed by atoms with E-state index in [1.165, 1.54) is 0 Å². The highest BCUT2D eigenvalue weighted by Gasteiger charge is 2.14. The molecule has 0 saturated heterocycles. The summed E-state index contributed by atoms with van der Waals surface area (Å²) < 4.78 is 0. The van der Waals surface area contributed by atoms with Crippen LogP contribution < -0.4 is 10.6 Å². The number of benzene rings is 2. The van der Waals surface area contributed by atoms with Crippen molar-refractivity contribution < 1.29 is 10.1 Å². The van der Waals surface area contributed by atoms with Gasteiger partial charge in [0.2, 0.25) is 0 Å². The molecular weight excluding hydrogens is 319 g/mol. The summed E-state index contributed by atoms with van der Waals surface area (Å²) in [4.78, 5) is 12.0. The molecule has 22 heavy (non-hydrogen) atoms. The van der Waals surface area contributed by atoms with E-state index in [9.17, 15) is 4.79 Å². The fourth-order valence-electron chi connectivity index (χ4n) is 2.13. The lowest BCUT2D eigenvalue weighted by molar-refractivity contribution is -0.682. The van der Waals surface area contributed by atoms with Crippen molar-refractivity contribution in [1.82, 2.24) is 0 Å². The molecule has 0 aromatic heterocycles. The molecule has 5 heteroatoms. The van der Waals surface area contributed by atoms with Crippen molar-refractivity contribution in [3.8, 4) is 0 Å². The molecule has 0 radical (unpaired) electrons. The Bertz CT molecular complexity index is 656. The lowest BCUT2D eigenvalue weighted by Crippen LogP contribution is -2.86. The van der Waals surface area contributed by atoms with E-state index in [-0.39, 0.29) is 11.9 Å². The van der Waals surface area contributed by atoms with Crippen LogP contribution in [0.1, 0.15) is 24.1 Å². The Morgan fingerprint density at radius 2 is 1.86 bits per heavy atom. The molecule has 2 rings (SSSR count). The van der Waals surface area contributed by atoms with Gasteiger partial charge in [-0.3, -0.25) is 4.79 Å². The highest BCUT2D eigenvalue weighted by molar-refractivity contribution is 6.35. The van der Waals surface area contributed by atoms with Gasteiger partial charge in [-0.15, -0.1) is 0 Å². The Kier molecular flexibility index (Phi) is 5.83. The minimum Gasteiger partial charge on any atom is -0.332 e. The van der Waals surface area contributed by atoms with Gasteiger partial charge in [0.1, 0.15) is 6.04 Å². The first-order valence-corrected chi connectivity index (χ1v) is 7.86. The maximum atomic E-state index is 12.0. The van der Waals surface area contributed by atoms with Crippen molar-refractivity contribution in [2.24, 2.45) is 0 Å². The Morgan fingerprint density at radius 3 is 2.50 bits per heavy atom. The van der Waals surface area contributed by atoms with Crippen LogP contribution in [0.2, 0.25) is 10.0 Å². The normalized spacial score (nSPS) is 12.0. The standard InChI is InChI=1S/C17H18Cl2N2O/c1-11-3-6-14(7-4-11)21-17(22)10-20-12(2)15-8-5-13(18)9-16(15)19/h3-9,12,20H,10H2,1-2H3,(H,21,22)/p+1/t12-/m1/s1.